The zero-order valence-electron chi connectivity index (χ0n) is 12.1. The summed E-state index contributed by atoms with van der Waals surface area (Å²) in [6, 6.07) is 18.0. The fraction of sp³-hybridized carbons (Fsp3) is 0.105. The zero-order valence-corrected chi connectivity index (χ0v) is 12.1. The first-order valence-corrected chi connectivity index (χ1v) is 6.90. The molecular formula is C19H16O2. The third-order valence-electron chi connectivity index (χ3n) is 3.89. The summed E-state index contributed by atoms with van der Waals surface area (Å²) in [7, 11) is 0. The molecule has 104 valence electrons. The van der Waals surface area contributed by atoms with Gasteiger partial charge in [0.05, 0.1) is 5.56 Å². The van der Waals surface area contributed by atoms with Gasteiger partial charge in [-0.15, -0.1) is 0 Å². The minimum Gasteiger partial charge on any atom is -0.478 e. The highest BCUT2D eigenvalue weighted by molar-refractivity contribution is 6.00. The molecule has 0 aliphatic heterocycles. The smallest absolute Gasteiger partial charge is 0.335 e. The summed E-state index contributed by atoms with van der Waals surface area (Å²) >= 11 is 0. The van der Waals surface area contributed by atoms with Crippen LogP contribution in [0.25, 0.3) is 21.9 Å². The minimum atomic E-state index is -0.882. The van der Waals surface area contributed by atoms with Gasteiger partial charge in [-0.1, -0.05) is 48.5 Å². The van der Waals surface area contributed by atoms with Crippen LogP contribution >= 0.6 is 0 Å². The quantitative estimate of drug-likeness (QED) is 0.728. The molecule has 0 amide bonds. The Morgan fingerprint density at radius 3 is 2.38 bits per heavy atom. The van der Waals surface area contributed by atoms with Crippen LogP contribution in [-0.4, -0.2) is 11.1 Å². The Kier molecular flexibility index (Phi) is 3.22. The molecule has 0 aliphatic carbocycles. The number of aromatic carboxylic acids is 1. The summed E-state index contributed by atoms with van der Waals surface area (Å²) in [5.74, 6) is -0.882. The van der Waals surface area contributed by atoms with Crippen molar-refractivity contribution < 1.29 is 9.90 Å². The second-order valence-corrected chi connectivity index (χ2v) is 5.31. The molecule has 1 N–H and O–H groups in total. The highest BCUT2D eigenvalue weighted by atomic mass is 16.4. The summed E-state index contributed by atoms with van der Waals surface area (Å²) in [6.07, 6.45) is 0. The van der Waals surface area contributed by atoms with Crippen LogP contribution in [0.2, 0.25) is 0 Å². The minimum absolute atomic E-state index is 0.361. The van der Waals surface area contributed by atoms with E-state index in [2.05, 4.69) is 31.2 Å². The summed E-state index contributed by atoms with van der Waals surface area (Å²) < 4.78 is 0. The van der Waals surface area contributed by atoms with Gasteiger partial charge < -0.3 is 5.11 Å². The monoisotopic (exact) mass is 276 g/mol. The number of rotatable bonds is 2. The van der Waals surface area contributed by atoms with Gasteiger partial charge in [-0.05, 0) is 52.9 Å². The van der Waals surface area contributed by atoms with Crippen LogP contribution in [0.3, 0.4) is 0 Å². The first kappa shape index (κ1) is 13.4. The van der Waals surface area contributed by atoms with Crippen LogP contribution in [-0.2, 0) is 0 Å². The van der Waals surface area contributed by atoms with Crippen molar-refractivity contribution in [2.45, 2.75) is 13.8 Å². The molecule has 0 radical (unpaired) electrons. The molecule has 0 spiro atoms. The van der Waals surface area contributed by atoms with Gasteiger partial charge in [-0.2, -0.15) is 0 Å². The largest absolute Gasteiger partial charge is 0.478 e. The molecule has 0 saturated carbocycles. The van der Waals surface area contributed by atoms with Crippen molar-refractivity contribution in [3.05, 3.63) is 71.3 Å². The summed E-state index contributed by atoms with van der Waals surface area (Å²) in [4.78, 5) is 11.4. The Bertz CT molecular complexity index is 847. The van der Waals surface area contributed by atoms with Crippen molar-refractivity contribution in [3.63, 3.8) is 0 Å². The van der Waals surface area contributed by atoms with Gasteiger partial charge in [0.1, 0.15) is 0 Å². The lowest BCUT2D eigenvalue weighted by Gasteiger charge is -2.12. The van der Waals surface area contributed by atoms with Crippen molar-refractivity contribution in [3.8, 4) is 11.1 Å². The van der Waals surface area contributed by atoms with E-state index in [0.29, 0.717) is 5.56 Å². The summed E-state index contributed by atoms with van der Waals surface area (Å²) in [5.41, 5.74) is 4.35. The number of carboxylic acids is 1. The number of carbonyl (C=O) groups is 1. The van der Waals surface area contributed by atoms with E-state index in [1.807, 2.05) is 31.2 Å². The van der Waals surface area contributed by atoms with E-state index in [0.717, 1.165) is 33.0 Å². The molecule has 2 heteroatoms. The average molecular weight is 276 g/mol. The Morgan fingerprint density at radius 1 is 0.905 bits per heavy atom. The molecule has 21 heavy (non-hydrogen) atoms. The van der Waals surface area contributed by atoms with E-state index in [4.69, 9.17) is 0 Å². The molecule has 0 saturated heterocycles. The maximum Gasteiger partial charge on any atom is 0.335 e. The average Bonchev–Trinajstić information content (AvgIpc) is 2.48. The lowest BCUT2D eigenvalue weighted by Crippen LogP contribution is -2.00. The van der Waals surface area contributed by atoms with Gasteiger partial charge in [-0.25, -0.2) is 4.79 Å². The molecule has 0 fully saturated rings. The molecule has 0 atom stereocenters. The topological polar surface area (TPSA) is 37.3 Å². The van der Waals surface area contributed by atoms with Gasteiger partial charge in [-0.3, -0.25) is 0 Å². The third kappa shape index (κ3) is 2.29. The molecule has 3 aromatic carbocycles. The van der Waals surface area contributed by atoms with Crippen molar-refractivity contribution in [1.82, 2.24) is 0 Å². The van der Waals surface area contributed by atoms with E-state index >= 15 is 0 Å². The van der Waals surface area contributed by atoms with Crippen LogP contribution in [0.15, 0.2) is 54.6 Å². The molecule has 0 bridgehead atoms. The molecule has 3 rings (SSSR count). The van der Waals surface area contributed by atoms with Gasteiger partial charge in [0.25, 0.3) is 0 Å². The Labute approximate surface area is 123 Å². The highest BCUT2D eigenvalue weighted by Gasteiger charge is 2.12. The molecule has 3 aromatic rings. The maximum atomic E-state index is 11.4. The van der Waals surface area contributed by atoms with Gasteiger partial charge >= 0.3 is 5.97 Å². The normalized spacial score (nSPS) is 10.8. The molecule has 0 aliphatic rings. The van der Waals surface area contributed by atoms with Crippen LogP contribution < -0.4 is 0 Å². The molecular weight excluding hydrogens is 260 g/mol. The van der Waals surface area contributed by atoms with Crippen molar-refractivity contribution in [1.29, 1.82) is 0 Å². The number of benzene rings is 3. The SMILES string of the molecule is Cc1ccc(-c2c(C)ccc3ccccc23)cc1C(=O)O. The number of hydrogen-bond donors (Lipinski definition) is 1. The Morgan fingerprint density at radius 2 is 1.62 bits per heavy atom. The van der Waals surface area contributed by atoms with E-state index in [9.17, 15) is 9.90 Å². The van der Waals surface area contributed by atoms with E-state index in [1.54, 1.807) is 6.07 Å². The standard InChI is InChI=1S/C19H16O2/c1-12-7-10-15(11-17(12)19(20)21)18-13(2)8-9-14-5-3-4-6-16(14)18/h3-11H,1-2H3,(H,20,21). The van der Waals surface area contributed by atoms with Crippen LogP contribution in [0.4, 0.5) is 0 Å². The van der Waals surface area contributed by atoms with Gasteiger partial charge in [0, 0.05) is 0 Å². The fourth-order valence-corrected chi connectivity index (χ4v) is 2.77. The Hall–Kier alpha value is -2.61. The number of hydrogen-bond acceptors (Lipinski definition) is 1. The van der Waals surface area contributed by atoms with Crippen LogP contribution in [0.5, 0.6) is 0 Å². The van der Waals surface area contributed by atoms with Crippen LogP contribution in [0, 0.1) is 13.8 Å². The predicted molar refractivity (Wildman–Crippen MR) is 85.8 cm³/mol. The first-order valence-electron chi connectivity index (χ1n) is 6.90. The van der Waals surface area contributed by atoms with Crippen molar-refractivity contribution >= 4 is 16.7 Å². The van der Waals surface area contributed by atoms with Crippen molar-refractivity contribution in [2.24, 2.45) is 0 Å². The van der Waals surface area contributed by atoms with Crippen LogP contribution in [0.1, 0.15) is 21.5 Å². The predicted octanol–water partition coefficient (Wildman–Crippen LogP) is 4.82. The molecule has 0 heterocycles. The van der Waals surface area contributed by atoms with E-state index in [1.165, 1.54) is 0 Å². The molecule has 0 unspecified atom stereocenters. The first-order chi connectivity index (χ1) is 10.1. The highest BCUT2D eigenvalue weighted by Crippen LogP contribution is 2.32. The second kappa shape index (κ2) is 5.06. The lowest BCUT2D eigenvalue weighted by atomic mass is 9.92. The molecule has 2 nitrogen and oxygen atoms in total. The number of carboxylic acid groups (broad SMARTS) is 1. The fourth-order valence-electron chi connectivity index (χ4n) is 2.77. The second-order valence-electron chi connectivity index (χ2n) is 5.31. The zero-order chi connectivity index (χ0) is 15.0. The number of fused-ring (bicyclic) bond motifs is 1. The third-order valence-corrected chi connectivity index (χ3v) is 3.89. The Balaban J connectivity index is 2.33. The van der Waals surface area contributed by atoms with Gasteiger partial charge in [0.2, 0.25) is 0 Å². The van der Waals surface area contributed by atoms with E-state index in [-0.39, 0.29) is 0 Å². The maximum absolute atomic E-state index is 11.4. The lowest BCUT2D eigenvalue weighted by molar-refractivity contribution is 0.0696. The van der Waals surface area contributed by atoms with E-state index < -0.39 is 5.97 Å². The summed E-state index contributed by atoms with van der Waals surface area (Å²) in [5, 5.41) is 11.6. The van der Waals surface area contributed by atoms with Gasteiger partial charge in [0.15, 0.2) is 0 Å². The summed E-state index contributed by atoms with van der Waals surface area (Å²) in [6.45, 7) is 3.88. The number of aryl methyl sites for hydroxylation is 2. The molecule has 0 aromatic heterocycles. The van der Waals surface area contributed by atoms with Crippen molar-refractivity contribution in [2.75, 3.05) is 0 Å².